The van der Waals surface area contributed by atoms with Crippen molar-refractivity contribution in [2.24, 2.45) is 0 Å². The smallest absolute Gasteiger partial charge is 0.408 e. The number of para-hydroxylation sites is 1. The molecule has 2 atom stereocenters. The zero-order valence-corrected chi connectivity index (χ0v) is 17.8. The minimum Gasteiger partial charge on any atom is -0.444 e. The number of aromatic amines is 1. The minimum atomic E-state index is -3.84. The van der Waals surface area contributed by atoms with E-state index in [1.807, 2.05) is 24.3 Å². The first-order valence-electron chi connectivity index (χ1n) is 8.83. The maximum Gasteiger partial charge on any atom is 0.408 e. The molecule has 9 heteroatoms. The van der Waals surface area contributed by atoms with Gasteiger partial charge in [0.15, 0.2) is 5.78 Å². The van der Waals surface area contributed by atoms with E-state index in [9.17, 15) is 14.2 Å². The predicted octanol–water partition coefficient (Wildman–Crippen LogP) is 4.18. The number of aromatic nitrogens is 1. The maximum atomic E-state index is 13.2. The van der Waals surface area contributed by atoms with E-state index in [1.165, 1.54) is 21.1 Å². The van der Waals surface area contributed by atoms with E-state index in [0.717, 1.165) is 10.9 Å². The molecule has 2 N–H and O–H groups in total. The second-order valence-corrected chi connectivity index (χ2v) is 9.69. The number of carbonyl (C=O) groups is 2. The third-order valence-corrected chi connectivity index (χ3v) is 6.35. The zero-order valence-electron chi connectivity index (χ0n) is 16.9. The molecule has 8 nitrogen and oxygen atoms in total. The van der Waals surface area contributed by atoms with Crippen molar-refractivity contribution in [3.63, 3.8) is 0 Å². The number of fused-ring (bicyclic) bond motifs is 1. The van der Waals surface area contributed by atoms with Crippen LogP contribution in [0, 0.1) is 0 Å². The minimum absolute atomic E-state index is 0.477. The predicted molar refractivity (Wildman–Crippen MR) is 107 cm³/mol. The van der Waals surface area contributed by atoms with Crippen LogP contribution in [-0.4, -0.2) is 42.7 Å². The fourth-order valence-electron chi connectivity index (χ4n) is 2.88. The first-order chi connectivity index (χ1) is 13.0. The first-order valence-corrected chi connectivity index (χ1v) is 10.4. The summed E-state index contributed by atoms with van der Waals surface area (Å²) in [5.74, 6) is -0.511. The van der Waals surface area contributed by atoms with Gasteiger partial charge in [-0.05, 0) is 33.8 Å². The van der Waals surface area contributed by atoms with Gasteiger partial charge in [-0.3, -0.25) is 9.36 Å². The van der Waals surface area contributed by atoms with E-state index in [1.54, 1.807) is 27.0 Å². The number of carbonyl (C=O) groups excluding carboxylic acids is 2. The number of ether oxygens (including phenoxy) is 1. The molecule has 0 fully saturated rings. The molecular formula is C19H27N2O6P. The highest BCUT2D eigenvalue weighted by Crippen LogP contribution is 2.61. The van der Waals surface area contributed by atoms with Crippen molar-refractivity contribution in [1.29, 1.82) is 0 Å². The SMILES string of the molecule is COP(=O)(OC)C(C(=O)C(C)NC(=O)OC(C)(C)C)c1c[nH]c2ccccc12. The van der Waals surface area contributed by atoms with Crippen molar-refractivity contribution in [1.82, 2.24) is 10.3 Å². The summed E-state index contributed by atoms with van der Waals surface area (Å²) >= 11 is 0. The number of hydrogen-bond acceptors (Lipinski definition) is 6. The molecule has 154 valence electrons. The molecule has 1 heterocycles. The van der Waals surface area contributed by atoms with Crippen LogP contribution in [0.5, 0.6) is 0 Å². The van der Waals surface area contributed by atoms with Gasteiger partial charge in [0.1, 0.15) is 11.3 Å². The lowest BCUT2D eigenvalue weighted by Crippen LogP contribution is -2.43. The lowest BCUT2D eigenvalue weighted by atomic mass is 10.0. The average Bonchev–Trinajstić information content (AvgIpc) is 3.03. The van der Waals surface area contributed by atoms with Crippen LogP contribution in [0.3, 0.4) is 0 Å². The molecule has 1 aromatic carbocycles. The molecule has 0 saturated heterocycles. The van der Waals surface area contributed by atoms with Gasteiger partial charge in [0.05, 0.1) is 6.04 Å². The van der Waals surface area contributed by atoms with Gasteiger partial charge in [0, 0.05) is 36.9 Å². The summed E-state index contributed by atoms with van der Waals surface area (Å²) in [6.45, 7) is 6.66. The number of benzene rings is 1. The molecule has 0 bridgehead atoms. The van der Waals surface area contributed by atoms with E-state index >= 15 is 0 Å². The van der Waals surface area contributed by atoms with Crippen LogP contribution in [0.2, 0.25) is 0 Å². The highest BCUT2D eigenvalue weighted by Gasteiger charge is 2.44. The van der Waals surface area contributed by atoms with Crippen molar-refractivity contribution in [2.45, 2.75) is 45.0 Å². The summed E-state index contributed by atoms with van der Waals surface area (Å²) in [7, 11) is -1.39. The summed E-state index contributed by atoms with van der Waals surface area (Å²) in [4.78, 5) is 28.4. The maximum absolute atomic E-state index is 13.2. The second kappa shape index (κ2) is 8.47. The molecule has 2 aromatic rings. The number of ketones is 1. The van der Waals surface area contributed by atoms with Crippen LogP contribution in [-0.2, 0) is 23.1 Å². The van der Waals surface area contributed by atoms with E-state index in [-0.39, 0.29) is 0 Å². The Bertz CT molecular complexity index is 893. The molecule has 0 radical (unpaired) electrons. The van der Waals surface area contributed by atoms with Gasteiger partial charge in [0.2, 0.25) is 0 Å². The molecule has 0 aliphatic rings. The molecule has 2 rings (SSSR count). The van der Waals surface area contributed by atoms with E-state index < -0.39 is 36.8 Å². The summed E-state index contributed by atoms with van der Waals surface area (Å²) in [6.07, 6.45) is 0.869. The van der Waals surface area contributed by atoms with Gasteiger partial charge >= 0.3 is 13.7 Å². The second-order valence-electron chi connectivity index (χ2n) is 7.37. The molecular weight excluding hydrogens is 383 g/mol. The first kappa shape index (κ1) is 22.1. The largest absolute Gasteiger partial charge is 0.444 e. The number of rotatable bonds is 7. The number of alkyl carbamates (subject to hydrolysis) is 1. The van der Waals surface area contributed by atoms with Crippen molar-refractivity contribution >= 4 is 30.4 Å². The van der Waals surface area contributed by atoms with Gasteiger partial charge in [-0.15, -0.1) is 0 Å². The molecule has 1 amide bonds. The Morgan fingerprint density at radius 2 is 1.75 bits per heavy atom. The quantitative estimate of drug-likeness (QED) is 0.664. The van der Waals surface area contributed by atoms with Crippen LogP contribution in [0.4, 0.5) is 4.79 Å². The zero-order chi connectivity index (χ0) is 21.1. The molecule has 1 aromatic heterocycles. The lowest BCUT2D eigenvalue weighted by Gasteiger charge is -2.27. The number of nitrogens with one attached hydrogen (secondary N) is 2. The topological polar surface area (TPSA) is 107 Å². The van der Waals surface area contributed by atoms with E-state index in [4.69, 9.17) is 13.8 Å². The van der Waals surface area contributed by atoms with Crippen molar-refractivity contribution in [2.75, 3.05) is 14.2 Å². The monoisotopic (exact) mass is 410 g/mol. The van der Waals surface area contributed by atoms with Crippen LogP contribution in [0.1, 0.15) is 38.9 Å². The summed E-state index contributed by atoms with van der Waals surface area (Å²) in [6, 6.07) is 6.33. The summed E-state index contributed by atoms with van der Waals surface area (Å²) in [5.41, 5.74) is -0.673. The Hall–Kier alpha value is -2.15. The average molecular weight is 410 g/mol. The third-order valence-electron chi connectivity index (χ3n) is 4.17. The molecule has 0 aliphatic heterocycles. The number of hydrogen-bond donors (Lipinski definition) is 2. The summed E-state index contributed by atoms with van der Waals surface area (Å²) < 4.78 is 28.7. The van der Waals surface area contributed by atoms with Gasteiger partial charge in [-0.1, -0.05) is 18.2 Å². The Balaban J connectivity index is 2.41. The van der Waals surface area contributed by atoms with Gasteiger partial charge in [-0.25, -0.2) is 4.79 Å². The molecule has 2 unspecified atom stereocenters. The van der Waals surface area contributed by atoms with Gasteiger partial charge in [0.25, 0.3) is 0 Å². The number of Topliss-reactive ketones (excluding diaryl/α,β-unsaturated/α-hetero) is 1. The van der Waals surface area contributed by atoms with Crippen LogP contribution >= 0.6 is 7.60 Å². The Labute approximate surface area is 164 Å². The Kier molecular flexibility index (Phi) is 6.70. The fraction of sp³-hybridized carbons (Fsp3) is 0.474. The Morgan fingerprint density at radius 3 is 2.32 bits per heavy atom. The lowest BCUT2D eigenvalue weighted by molar-refractivity contribution is -0.120. The summed E-state index contributed by atoms with van der Waals surface area (Å²) in [5, 5.41) is 3.22. The number of H-pyrrole nitrogens is 1. The molecule has 0 aliphatic carbocycles. The highest BCUT2D eigenvalue weighted by atomic mass is 31.2. The van der Waals surface area contributed by atoms with Crippen LogP contribution < -0.4 is 5.32 Å². The molecule has 28 heavy (non-hydrogen) atoms. The van der Waals surface area contributed by atoms with Crippen LogP contribution in [0.25, 0.3) is 10.9 Å². The Morgan fingerprint density at radius 1 is 1.14 bits per heavy atom. The third kappa shape index (κ3) is 4.82. The normalized spacial score (nSPS) is 14.5. The van der Waals surface area contributed by atoms with Gasteiger partial charge < -0.3 is 24.1 Å². The van der Waals surface area contributed by atoms with Crippen molar-refractivity contribution in [3.05, 3.63) is 36.0 Å². The number of amides is 1. The van der Waals surface area contributed by atoms with Crippen molar-refractivity contribution in [3.8, 4) is 0 Å². The molecule has 0 spiro atoms. The van der Waals surface area contributed by atoms with Crippen molar-refractivity contribution < 1.29 is 27.9 Å². The fourth-order valence-corrected chi connectivity index (χ4v) is 4.54. The van der Waals surface area contributed by atoms with E-state index in [2.05, 4.69) is 10.3 Å². The van der Waals surface area contributed by atoms with Crippen LogP contribution in [0.15, 0.2) is 30.5 Å². The highest BCUT2D eigenvalue weighted by molar-refractivity contribution is 7.55. The molecule has 0 saturated carbocycles. The van der Waals surface area contributed by atoms with E-state index in [0.29, 0.717) is 5.56 Å². The standard InChI is InChI=1S/C19H27N2O6P/c1-12(21-18(23)27-19(2,3)4)16(22)17(28(24,25-5)26-6)14-11-20-15-10-8-7-9-13(14)15/h7-12,17,20H,1-6H3,(H,21,23). The van der Waals surface area contributed by atoms with Gasteiger partial charge in [-0.2, -0.15) is 0 Å².